The minimum absolute atomic E-state index is 0.107. The molecule has 1 rings (SSSR count). The van der Waals surface area contributed by atoms with E-state index in [1.54, 1.807) is 12.3 Å². The van der Waals surface area contributed by atoms with Gasteiger partial charge < -0.3 is 10.2 Å². The molecule has 0 saturated heterocycles. The Morgan fingerprint density at radius 2 is 2.16 bits per heavy atom. The van der Waals surface area contributed by atoms with Crippen molar-refractivity contribution in [1.29, 1.82) is 0 Å². The number of hydrogen-bond donors (Lipinski definition) is 1. The molecule has 5 heteroatoms. The zero-order valence-electron chi connectivity index (χ0n) is 11.8. The Bertz CT molecular complexity index is 392. The van der Waals surface area contributed by atoms with Gasteiger partial charge in [-0.05, 0) is 68.3 Å². The van der Waals surface area contributed by atoms with Crippen LogP contribution in [-0.4, -0.2) is 42.0 Å². The van der Waals surface area contributed by atoms with Crippen molar-refractivity contribution in [2.75, 3.05) is 20.1 Å². The molecule has 4 nitrogen and oxygen atoms in total. The van der Waals surface area contributed by atoms with Gasteiger partial charge in [0.05, 0.1) is 0 Å². The van der Waals surface area contributed by atoms with Crippen molar-refractivity contribution in [3.63, 3.8) is 0 Å². The van der Waals surface area contributed by atoms with Gasteiger partial charge in [-0.1, -0.05) is 0 Å². The highest BCUT2D eigenvalue weighted by Crippen LogP contribution is 2.07. The van der Waals surface area contributed by atoms with Crippen molar-refractivity contribution in [2.24, 2.45) is 0 Å². The Morgan fingerprint density at radius 3 is 2.74 bits per heavy atom. The molecule has 0 atom stereocenters. The van der Waals surface area contributed by atoms with E-state index in [4.69, 9.17) is 0 Å². The second kappa shape index (κ2) is 8.27. The van der Waals surface area contributed by atoms with E-state index in [0.29, 0.717) is 18.3 Å². The topological polar surface area (TPSA) is 45.2 Å². The summed E-state index contributed by atoms with van der Waals surface area (Å²) in [6.07, 6.45) is 3.70. The summed E-state index contributed by atoms with van der Waals surface area (Å²) in [5.74, 6) is -0.107. The number of amides is 1. The fourth-order valence-corrected chi connectivity index (χ4v) is 1.78. The van der Waals surface area contributed by atoms with Crippen molar-refractivity contribution in [3.8, 4) is 0 Å². The number of aromatic nitrogens is 1. The standard InChI is InChI=1S/C14H22BrN3O/c1-11(2)18(3)9-5-4-8-16-14(19)13-7-6-12(15)10-17-13/h6-7,10-11H,4-5,8-9H2,1-3H3,(H,16,19). The first-order chi connectivity index (χ1) is 9.00. The summed E-state index contributed by atoms with van der Waals surface area (Å²) in [6.45, 7) is 6.12. The molecule has 0 radical (unpaired) electrons. The van der Waals surface area contributed by atoms with Crippen LogP contribution in [0.4, 0.5) is 0 Å². The lowest BCUT2D eigenvalue weighted by Crippen LogP contribution is -2.29. The Labute approximate surface area is 123 Å². The van der Waals surface area contributed by atoms with Gasteiger partial charge in [0, 0.05) is 23.3 Å². The second-order valence-electron chi connectivity index (χ2n) is 4.90. The van der Waals surface area contributed by atoms with Crippen LogP contribution in [0.2, 0.25) is 0 Å². The summed E-state index contributed by atoms with van der Waals surface area (Å²) in [5, 5.41) is 2.89. The number of nitrogens with zero attached hydrogens (tertiary/aromatic N) is 2. The van der Waals surface area contributed by atoms with Crippen LogP contribution in [0.15, 0.2) is 22.8 Å². The molecule has 19 heavy (non-hydrogen) atoms. The SMILES string of the molecule is CC(C)N(C)CCCCNC(=O)c1ccc(Br)cn1. The highest BCUT2D eigenvalue weighted by Gasteiger charge is 2.06. The predicted molar refractivity (Wildman–Crippen MR) is 81.3 cm³/mol. The molecule has 0 saturated carbocycles. The quantitative estimate of drug-likeness (QED) is 0.783. The van der Waals surface area contributed by atoms with E-state index in [1.807, 2.05) is 6.07 Å². The lowest BCUT2D eigenvalue weighted by molar-refractivity contribution is 0.0947. The number of carbonyl (C=O) groups is 1. The van der Waals surface area contributed by atoms with Gasteiger partial charge >= 0.3 is 0 Å². The Hall–Kier alpha value is -0.940. The van der Waals surface area contributed by atoms with Crippen molar-refractivity contribution in [3.05, 3.63) is 28.5 Å². The van der Waals surface area contributed by atoms with Crippen LogP contribution in [0.1, 0.15) is 37.2 Å². The number of rotatable bonds is 7. The van der Waals surface area contributed by atoms with E-state index in [0.717, 1.165) is 23.9 Å². The van der Waals surface area contributed by atoms with Crippen LogP contribution < -0.4 is 5.32 Å². The van der Waals surface area contributed by atoms with Crippen LogP contribution in [0, 0.1) is 0 Å². The number of nitrogens with one attached hydrogen (secondary N) is 1. The minimum atomic E-state index is -0.107. The fourth-order valence-electron chi connectivity index (χ4n) is 1.55. The first-order valence-electron chi connectivity index (χ1n) is 6.60. The van der Waals surface area contributed by atoms with E-state index in [-0.39, 0.29) is 5.91 Å². The monoisotopic (exact) mass is 327 g/mol. The van der Waals surface area contributed by atoms with Gasteiger partial charge in [0.1, 0.15) is 5.69 Å². The maximum Gasteiger partial charge on any atom is 0.269 e. The summed E-state index contributed by atoms with van der Waals surface area (Å²) < 4.78 is 0.876. The molecule has 1 aromatic rings. The third-order valence-corrected chi connectivity index (χ3v) is 3.53. The second-order valence-corrected chi connectivity index (χ2v) is 5.81. The van der Waals surface area contributed by atoms with Crippen molar-refractivity contribution in [1.82, 2.24) is 15.2 Å². The largest absolute Gasteiger partial charge is 0.351 e. The van der Waals surface area contributed by atoms with Crippen LogP contribution in [0.25, 0.3) is 0 Å². The lowest BCUT2D eigenvalue weighted by Gasteiger charge is -2.20. The summed E-state index contributed by atoms with van der Waals surface area (Å²) in [5.41, 5.74) is 0.461. The Kier molecular flexibility index (Phi) is 7.02. The molecule has 0 aromatic carbocycles. The predicted octanol–water partition coefficient (Wildman–Crippen LogP) is 2.69. The van der Waals surface area contributed by atoms with Gasteiger partial charge in [0.2, 0.25) is 0 Å². The molecule has 1 heterocycles. The van der Waals surface area contributed by atoms with E-state index in [2.05, 4.69) is 52.0 Å². The molecule has 0 aliphatic carbocycles. The first kappa shape index (κ1) is 16.1. The molecular weight excluding hydrogens is 306 g/mol. The lowest BCUT2D eigenvalue weighted by atomic mass is 10.2. The molecule has 0 aliphatic rings. The smallest absolute Gasteiger partial charge is 0.269 e. The third-order valence-electron chi connectivity index (χ3n) is 3.06. The molecule has 1 N–H and O–H groups in total. The van der Waals surface area contributed by atoms with Gasteiger partial charge in [-0.25, -0.2) is 4.98 Å². The van der Waals surface area contributed by atoms with Crippen LogP contribution >= 0.6 is 15.9 Å². The average Bonchev–Trinajstić information content (AvgIpc) is 2.38. The number of carbonyl (C=O) groups excluding carboxylic acids is 1. The number of hydrogen-bond acceptors (Lipinski definition) is 3. The highest BCUT2D eigenvalue weighted by molar-refractivity contribution is 9.10. The maximum absolute atomic E-state index is 11.8. The first-order valence-corrected chi connectivity index (χ1v) is 7.40. The van der Waals surface area contributed by atoms with Gasteiger partial charge in [-0.2, -0.15) is 0 Å². The van der Waals surface area contributed by atoms with Gasteiger partial charge in [-0.15, -0.1) is 0 Å². The molecule has 0 unspecified atom stereocenters. The number of unbranched alkanes of at least 4 members (excludes halogenated alkanes) is 1. The van der Waals surface area contributed by atoms with Crippen molar-refractivity contribution < 1.29 is 4.79 Å². The molecule has 0 aliphatic heterocycles. The minimum Gasteiger partial charge on any atom is -0.351 e. The van der Waals surface area contributed by atoms with Crippen LogP contribution in [0.3, 0.4) is 0 Å². The highest BCUT2D eigenvalue weighted by atomic mass is 79.9. The van der Waals surface area contributed by atoms with E-state index >= 15 is 0 Å². The summed E-state index contributed by atoms with van der Waals surface area (Å²) >= 11 is 3.29. The van der Waals surface area contributed by atoms with Gasteiger partial charge in [0.25, 0.3) is 5.91 Å². The average molecular weight is 328 g/mol. The van der Waals surface area contributed by atoms with Crippen LogP contribution in [0.5, 0.6) is 0 Å². The molecular formula is C14H22BrN3O. The van der Waals surface area contributed by atoms with E-state index < -0.39 is 0 Å². The van der Waals surface area contributed by atoms with Crippen molar-refractivity contribution >= 4 is 21.8 Å². The number of pyridine rings is 1. The van der Waals surface area contributed by atoms with Gasteiger partial charge in [-0.3, -0.25) is 4.79 Å². The fraction of sp³-hybridized carbons (Fsp3) is 0.571. The zero-order valence-corrected chi connectivity index (χ0v) is 13.4. The van der Waals surface area contributed by atoms with Crippen molar-refractivity contribution in [2.45, 2.75) is 32.7 Å². The maximum atomic E-state index is 11.8. The summed E-state index contributed by atoms with van der Waals surface area (Å²) in [4.78, 5) is 18.1. The van der Waals surface area contributed by atoms with Crippen LogP contribution in [-0.2, 0) is 0 Å². The molecule has 0 spiro atoms. The molecule has 106 valence electrons. The van der Waals surface area contributed by atoms with E-state index in [9.17, 15) is 4.79 Å². The number of halogens is 1. The van der Waals surface area contributed by atoms with E-state index in [1.165, 1.54) is 0 Å². The third kappa shape index (κ3) is 6.16. The molecule has 1 amide bonds. The summed E-state index contributed by atoms with van der Waals surface area (Å²) in [6, 6.07) is 4.10. The molecule has 1 aromatic heterocycles. The Balaban J connectivity index is 2.19. The zero-order chi connectivity index (χ0) is 14.3. The normalized spacial score (nSPS) is 11.1. The molecule has 0 bridgehead atoms. The van der Waals surface area contributed by atoms with Gasteiger partial charge in [0.15, 0.2) is 0 Å². The molecule has 0 fully saturated rings. The summed E-state index contributed by atoms with van der Waals surface area (Å²) in [7, 11) is 2.12. The Morgan fingerprint density at radius 1 is 1.42 bits per heavy atom.